The maximum Gasteiger partial charge on any atom is 0.0444 e. The Kier molecular flexibility index (Phi) is 13.3. The summed E-state index contributed by atoms with van der Waals surface area (Å²) in [6, 6.07) is 0. The summed E-state index contributed by atoms with van der Waals surface area (Å²) in [6.07, 6.45) is 3.95. The van der Waals surface area contributed by atoms with Gasteiger partial charge in [0.05, 0.1) is 0 Å². The smallest absolute Gasteiger partial charge is 0.0444 e. The van der Waals surface area contributed by atoms with E-state index in [1.54, 1.807) is 23.5 Å². The zero-order valence-corrected chi connectivity index (χ0v) is 9.90. The highest BCUT2D eigenvalue weighted by Crippen LogP contribution is 1.93. The van der Waals surface area contributed by atoms with Crippen LogP contribution in [0.4, 0.5) is 0 Å². The number of hydrogen-bond donors (Lipinski definition) is 0. The van der Waals surface area contributed by atoms with E-state index in [0.717, 1.165) is 8.39 Å². The second kappa shape index (κ2) is 9.88. The van der Waals surface area contributed by atoms with Gasteiger partial charge < -0.3 is 0 Å². The highest BCUT2D eigenvalue weighted by atomic mass is 32.2. The molecule has 0 aliphatic rings. The van der Waals surface area contributed by atoms with E-state index >= 15 is 0 Å². The van der Waals surface area contributed by atoms with E-state index in [1.165, 1.54) is 0 Å². The van der Waals surface area contributed by atoms with E-state index in [4.69, 9.17) is 0 Å². The van der Waals surface area contributed by atoms with Crippen molar-refractivity contribution in [2.24, 2.45) is 0 Å². The van der Waals surface area contributed by atoms with Crippen molar-refractivity contribution >= 4 is 56.4 Å². The Morgan fingerprint density at radius 1 is 0.900 bits per heavy atom. The highest BCUT2D eigenvalue weighted by molar-refractivity contribution is 8.22. The second-order valence-corrected chi connectivity index (χ2v) is 5.17. The molecule has 0 aromatic rings. The van der Waals surface area contributed by atoms with Crippen LogP contribution in [0.5, 0.6) is 0 Å². The predicted octanol–water partition coefficient (Wildman–Crippen LogP) is 3.39. The minimum Gasteiger partial charge on any atom is -0.123 e. The molecular formula is C6H12S4. The molecule has 0 N–H and O–H groups in total. The highest BCUT2D eigenvalue weighted by Gasteiger charge is 1.71. The number of thioether (sulfide) groups is 2. The van der Waals surface area contributed by atoms with Crippen LogP contribution in [0.2, 0.25) is 0 Å². The Morgan fingerprint density at radius 3 is 1.00 bits per heavy atom. The third-order valence-corrected chi connectivity index (χ3v) is 2.72. The molecule has 0 aliphatic heterocycles. The first-order valence-electron chi connectivity index (χ1n) is 2.63. The molecule has 0 radical (unpaired) electrons. The number of hydrogen-bond acceptors (Lipinski definition) is 4. The maximum atomic E-state index is 4.66. The van der Waals surface area contributed by atoms with E-state index < -0.39 is 0 Å². The lowest BCUT2D eigenvalue weighted by molar-refractivity contribution is 2.11. The summed E-state index contributed by atoms with van der Waals surface area (Å²) in [5.74, 6) is 0. The van der Waals surface area contributed by atoms with Crippen molar-refractivity contribution in [2.75, 3.05) is 12.5 Å². The Bertz CT molecular complexity index is 94.3. The van der Waals surface area contributed by atoms with Crippen LogP contribution < -0.4 is 0 Å². The first kappa shape index (κ1) is 13.5. The molecule has 0 nitrogen and oxygen atoms in total. The van der Waals surface area contributed by atoms with E-state index in [9.17, 15) is 0 Å². The van der Waals surface area contributed by atoms with E-state index in [2.05, 4.69) is 24.4 Å². The summed E-state index contributed by atoms with van der Waals surface area (Å²) < 4.78 is 2.01. The molecule has 0 saturated carbocycles. The SMILES string of the molecule is CSC(C)=S.CSC(C)=S. The minimum absolute atomic E-state index is 1.00. The molecule has 0 saturated heterocycles. The van der Waals surface area contributed by atoms with Crippen molar-refractivity contribution in [1.29, 1.82) is 0 Å². The lowest BCUT2D eigenvalue weighted by Crippen LogP contribution is -1.66. The van der Waals surface area contributed by atoms with Crippen molar-refractivity contribution in [1.82, 2.24) is 0 Å². The Morgan fingerprint density at radius 2 is 1.00 bits per heavy atom. The van der Waals surface area contributed by atoms with Gasteiger partial charge in [-0.15, -0.1) is 23.5 Å². The van der Waals surface area contributed by atoms with Gasteiger partial charge in [0, 0.05) is 8.39 Å². The molecule has 0 atom stereocenters. The van der Waals surface area contributed by atoms with Crippen LogP contribution in [0, 0.1) is 0 Å². The molecule has 0 spiro atoms. The molecule has 0 heterocycles. The van der Waals surface area contributed by atoms with Gasteiger partial charge in [-0.2, -0.15) is 0 Å². The van der Waals surface area contributed by atoms with Gasteiger partial charge in [-0.05, 0) is 26.4 Å². The van der Waals surface area contributed by atoms with Gasteiger partial charge in [0.25, 0.3) is 0 Å². The summed E-state index contributed by atoms with van der Waals surface area (Å²) >= 11 is 12.5. The summed E-state index contributed by atoms with van der Waals surface area (Å²) in [6.45, 7) is 3.83. The lowest BCUT2D eigenvalue weighted by atomic mass is 11.0. The molecule has 0 aliphatic carbocycles. The largest absolute Gasteiger partial charge is 0.123 e. The predicted molar refractivity (Wildman–Crippen MR) is 63.6 cm³/mol. The van der Waals surface area contributed by atoms with E-state index in [-0.39, 0.29) is 0 Å². The van der Waals surface area contributed by atoms with Gasteiger partial charge in [0.2, 0.25) is 0 Å². The average Bonchev–Trinajstić information content (AvgIpc) is 1.89. The summed E-state index contributed by atoms with van der Waals surface area (Å²) in [5, 5.41) is 0. The van der Waals surface area contributed by atoms with Crippen LogP contribution in [-0.4, -0.2) is 20.9 Å². The minimum atomic E-state index is 1.00. The standard InChI is InChI=1S/2C3H6S2/c2*1-3(4)5-2/h2*1-2H3. The quantitative estimate of drug-likeness (QED) is 0.564. The molecular weight excluding hydrogens is 200 g/mol. The van der Waals surface area contributed by atoms with Gasteiger partial charge >= 0.3 is 0 Å². The topological polar surface area (TPSA) is 0 Å². The molecule has 0 unspecified atom stereocenters. The Hall–Kier alpha value is 0.880. The molecule has 10 heavy (non-hydrogen) atoms. The zero-order chi connectivity index (χ0) is 8.57. The second-order valence-electron chi connectivity index (χ2n) is 1.39. The summed E-state index contributed by atoms with van der Waals surface area (Å²) in [5.41, 5.74) is 0. The summed E-state index contributed by atoms with van der Waals surface area (Å²) in [4.78, 5) is 0. The first-order valence-corrected chi connectivity index (χ1v) is 5.90. The maximum absolute atomic E-state index is 4.66. The molecule has 0 fully saturated rings. The third-order valence-electron chi connectivity index (χ3n) is 0.575. The monoisotopic (exact) mass is 212 g/mol. The average molecular weight is 212 g/mol. The summed E-state index contributed by atoms with van der Waals surface area (Å²) in [7, 11) is 0. The Labute approximate surface area is 82.5 Å². The molecule has 0 aromatic carbocycles. The molecule has 0 bridgehead atoms. The van der Waals surface area contributed by atoms with Crippen molar-refractivity contribution in [2.45, 2.75) is 13.8 Å². The molecule has 60 valence electrons. The van der Waals surface area contributed by atoms with Crippen LogP contribution in [-0.2, 0) is 0 Å². The molecule has 0 rings (SSSR count). The third kappa shape index (κ3) is 23.2. The van der Waals surface area contributed by atoms with Crippen molar-refractivity contribution in [3.05, 3.63) is 0 Å². The fourth-order valence-electron chi connectivity index (χ4n) is 0. The number of rotatable bonds is 0. The van der Waals surface area contributed by atoms with Crippen LogP contribution in [0.1, 0.15) is 13.8 Å². The van der Waals surface area contributed by atoms with Gasteiger partial charge in [-0.1, -0.05) is 24.4 Å². The zero-order valence-electron chi connectivity index (χ0n) is 6.63. The van der Waals surface area contributed by atoms with Crippen LogP contribution >= 0.6 is 48.0 Å². The fourth-order valence-corrected chi connectivity index (χ4v) is 0. The molecule has 0 aromatic heterocycles. The fraction of sp³-hybridized carbons (Fsp3) is 0.667. The van der Waals surface area contributed by atoms with Crippen LogP contribution in [0.3, 0.4) is 0 Å². The van der Waals surface area contributed by atoms with Gasteiger partial charge in [0.1, 0.15) is 0 Å². The first-order chi connectivity index (χ1) is 4.54. The van der Waals surface area contributed by atoms with Gasteiger partial charge in [-0.3, -0.25) is 0 Å². The van der Waals surface area contributed by atoms with Crippen LogP contribution in [0.25, 0.3) is 0 Å². The van der Waals surface area contributed by atoms with Crippen molar-refractivity contribution in [3.63, 3.8) is 0 Å². The number of thiocarbonyl (C=S) groups is 2. The van der Waals surface area contributed by atoms with Gasteiger partial charge in [0.15, 0.2) is 0 Å². The van der Waals surface area contributed by atoms with Crippen molar-refractivity contribution < 1.29 is 0 Å². The molecule has 4 heteroatoms. The van der Waals surface area contributed by atoms with Gasteiger partial charge in [-0.25, -0.2) is 0 Å². The normalized spacial score (nSPS) is 7.60. The van der Waals surface area contributed by atoms with Crippen molar-refractivity contribution in [3.8, 4) is 0 Å². The lowest BCUT2D eigenvalue weighted by Gasteiger charge is -1.76. The van der Waals surface area contributed by atoms with E-state index in [1.807, 2.05) is 26.4 Å². The van der Waals surface area contributed by atoms with Crippen LogP contribution in [0.15, 0.2) is 0 Å². The molecule has 0 amide bonds. The van der Waals surface area contributed by atoms with E-state index in [0.29, 0.717) is 0 Å². The Balaban J connectivity index is 0.